The van der Waals surface area contributed by atoms with Gasteiger partial charge in [-0.15, -0.1) is 0 Å². The number of carboxylic acids is 1. The lowest BCUT2D eigenvalue weighted by Gasteiger charge is -2.29. The number of H-pyrrole nitrogens is 1. The largest absolute Gasteiger partial charge is 0.479 e. The van der Waals surface area contributed by atoms with Crippen LogP contribution >= 0.6 is 7.60 Å². The van der Waals surface area contributed by atoms with Crippen LogP contribution in [0, 0.1) is 18.8 Å². The number of aryl methyl sites for hydroxylation is 1. The zero-order valence-corrected chi connectivity index (χ0v) is 15.0. The normalized spacial score (nSPS) is 21.5. The molecule has 4 N–H and O–H groups in total. The highest BCUT2D eigenvalue weighted by Crippen LogP contribution is 2.42. The van der Waals surface area contributed by atoms with E-state index in [1.807, 2.05) is 12.2 Å². The first kappa shape index (κ1) is 20.3. The predicted octanol–water partition coefficient (Wildman–Crippen LogP) is 0.0324. The van der Waals surface area contributed by atoms with E-state index in [1.54, 1.807) is 6.92 Å². The van der Waals surface area contributed by atoms with E-state index in [-0.39, 0.29) is 25.0 Å². The Morgan fingerprint density at radius 1 is 1.35 bits per heavy atom. The first-order valence-corrected chi connectivity index (χ1v) is 9.62. The van der Waals surface area contributed by atoms with Gasteiger partial charge in [0, 0.05) is 18.3 Å². The summed E-state index contributed by atoms with van der Waals surface area (Å²) in [5.74, 6) is -4.29. The number of carbonyl (C=O) groups is 1. The minimum atomic E-state index is -4.94. The third-order valence-electron chi connectivity index (χ3n) is 4.32. The third-order valence-corrected chi connectivity index (χ3v) is 5.30. The Kier molecular flexibility index (Phi) is 6.35. The molecule has 144 valence electrons. The fourth-order valence-corrected chi connectivity index (χ4v) is 3.46. The SMILES string of the molecule is Cc1cn(C[C@H]2CC=CC[C@H]2COC(C(=O)O)P(=O)(O)O)c(=O)[nH]c1=O. The summed E-state index contributed by atoms with van der Waals surface area (Å²) in [7, 11) is -4.94. The molecule has 0 saturated heterocycles. The Morgan fingerprint density at radius 3 is 2.54 bits per heavy atom. The molecule has 1 aliphatic rings. The second-order valence-electron chi connectivity index (χ2n) is 6.30. The topological polar surface area (TPSA) is 159 Å². The molecule has 1 aromatic rings. The number of aromatic nitrogens is 2. The molecule has 0 bridgehead atoms. The van der Waals surface area contributed by atoms with Gasteiger partial charge in [-0.1, -0.05) is 12.2 Å². The first-order valence-electron chi connectivity index (χ1n) is 7.94. The fourth-order valence-electron chi connectivity index (χ4n) is 2.89. The van der Waals surface area contributed by atoms with E-state index in [0.29, 0.717) is 18.4 Å². The third kappa shape index (κ3) is 5.01. The van der Waals surface area contributed by atoms with Gasteiger partial charge in [0.15, 0.2) is 0 Å². The number of hydrogen-bond donors (Lipinski definition) is 4. The second kappa shape index (κ2) is 8.13. The van der Waals surface area contributed by atoms with Crippen molar-refractivity contribution in [2.24, 2.45) is 11.8 Å². The van der Waals surface area contributed by atoms with E-state index in [2.05, 4.69) is 4.98 Å². The summed E-state index contributed by atoms with van der Waals surface area (Å²) < 4.78 is 17.6. The highest BCUT2D eigenvalue weighted by molar-refractivity contribution is 7.53. The van der Waals surface area contributed by atoms with Gasteiger partial charge in [-0.05, 0) is 31.6 Å². The van der Waals surface area contributed by atoms with Crippen LogP contribution in [0.3, 0.4) is 0 Å². The molecule has 3 atom stereocenters. The van der Waals surface area contributed by atoms with Crippen molar-refractivity contribution in [3.63, 3.8) is 0 Å². The minimum Gasteiger partial charge on any atom is -0.479 e. The van der Waals surface area contributed by atoms with Crippen LogP contribution in [0.5, 0.6) is 0 Å². The maximum absolute atomic E-state index is 11.9. The summed E-state index contributed by atoms with van der Waals surface area (Å²) in [6.07, 6.45) is 6.36. The number of carboxylic acid groups (broad SMARTS) is 1. The molecule has 1 unspecified atom stereocenters. The number of allylic oxidation sites excluding steroid dienone is 2. The average molecular weight is 388 g/mol. The predicted molar refractivity (Wildman–Crippen MR) is 90.8 cm³/mol. The molecule has 26 heavy (non-hydrogen) atoms. The van der Waals surface area contributed by atoms with E-state index in [4.69, 9.17) is 19.6 Å². The lowest BCUT2D eigenvalue weighted by atomic mass is 9.83. The molecule has 10 nitrogen and oxygen atoms in total. The molecule has 0 amide bonds. The van der Waals surface area contributed by atoms with Gasteiger partial charge < -0.3 is 24.2 Å². The van der Waals surface area contributed by atoms with E-state index < -0.39 is 30.7 Å². The van der Waals surface area contributed by atoms with Crippen LogP contribution in [0.15, 0.2) is 27.9 Å². The van der Waals surface area contributed by atoms with Gasteiger partial charge >= 0.3 is 19.3 Å². The maximum Gasteiger partial charge on any atom is 0.365 e. The number of nitrogens with one attached hydrogen (secondary N) is 1. The zero-order chi connectivity index (χ0) is 19.5. The summed E-state index contributed by atoms with van der Waals surface area (Å²) in [5, 5.41) is 8.92. The van der Waals surface area contributed by atoms with Crippen LogP contribution in [0.2, 0.25) is 0 Å². The van der Waals surface area contributed by atoms with Gasteiger partial charge in [0.05, 0.1) is 6.61 Å². The molecule has 0 saturated carbocycles. The van der Waals surface area contributed by atoms with E-state index in [1.165, 1.54) is 10.8 Å². The number of aromatic amines is 1. The smallest absolute Gasteiger partial charge is 0.365 e. The molecule has 1 aromatic heterocycles. The van der Waals surface area contributed by atoms with E-state index in [9.17, 15) is 18.9 Å². The lowest BCUT2D eigenvalue weighted by molar-refractivity contribution is -0.146. The highest BCUT2D eigenvalue weighted by atomic mass is 31.2. The zero-order valence-electron chi connectivity index (χ0n) is 14.1. The molecule has 0 fully saturated rings. The number of aliphatic carboxylic acids is 1. The molecule has 11 heteroatoms. The molecule has 1 aliphatic carbocycles. The molecular formula is C15H21N2O8P. The lowest BCUT2D eigenvalue weighted by Crippen LogP contribution is -2.36. The van der Waals surface area contributed by atoms with E-state index >= 15 is 0 Å². The Balaban J connectivity index is 2.13. The first-order chi connectivity index (χ1) is 12.1. The van der Waals surface area contributed by atoms with E-state index in [0.717, 1.165) is 0 Å². The Morgan fingerprint density at radius 2 is 1.96 bits per heavy atom. The minimum absolute atomic E-state index is 0.116. The Hall–Kier alpha value is -2.00. The Bertz CT molecular complexity index is 852. The van der Waals surface area contributed by atoms with Crippen molar-refractivity contribution in [2.45, 2.75) is 32.2 Å². The molecular weight excluding hydrogens is 367 g/mol. The van der Waals surface area contributed by atoms with Crippen molar-refractivity contribution < 1.29 is 29.0 Å². The van der Waals surface area contributed by atoms with Gasteiger partial charge in [0.25, 0.3) is 11.4 Å². The number of nitrogens with zero attached hydrogens (tertiary/aromatic N) is 1. The molecule has 1 heterocycles. The van der Waals surface area contributed by atoms with Crippen molar-refractivity contribution in [3.05, 3.63) is 44.8 Å². The number of hydrogen-bond acceptors (Lipinski definition) is 5. The van der Waals surface area contributed by atoms with Crippen LogP contribution in [0.4, 0.5) is 0 Å². The van der Waals surface area contributed by atoms with Crippen LogP contribution in [-0.4, -0.2) is 42.9 Å². The summed E-state index contributed by atoms with van der Waals surface area (Å²) >= 11 is 0. The second-order valence-corrected chi connectivity index (χ2v) is 7.95. The van der Waals surface area contributed by atoms with Gasteiger partial charge in [-0.3, -0.25) is 14.3 Å². The van der Waals surface area contributed by atoms with Gasteiger partial charge in [-0.25, -0.2) is 9.59 Å². The number of ether oxygens (including phenoxy) is 1. The van der Waals surface area contributed by atoms with Crippen LogP contribution in [0.25, 0.3) is 0 Å². The average Bonchev–Trinajstić information content (AvgIpc) is 2.52. The summed E-state index contributed by atoms with van der Waals surface area (Å²) in [5.41, 5.74) is -0.620. The molecule has 0 aliphatic heterocycles. The van der Waals surface area contributed by atoms with Crippen LogP contribution in [-0.2, 0) is 20.6 Å². The van der Waals surface area contributed by atoms with Crippen molar-refractivity contribution in [3.8, 4) is 0 Å². The van der Waals surface area contributed by atoms with Crippen molar-refractivity contribution in [1.82, 2.24) is 9.55 Å². The summed E-state index contributed by atoms with van der Waals surface area (Å²) in [6.45, 7) is 1.67. The fraction of sp³-hybridized carbons (Fsp3) is 0.533. The summed E-state index contributed by atoms with van der Waals surface area (Å²) in [6, 6.07) is 0. The number of rotatable bonds is 7. The Labute approximate surface area is 148 Å². The molecule has 2 rings (SSSR count). The molecule has 0 radical (unpaired) electrons. The van der Waals surface area contributed by atoms with Crippen molar-refractivity contribution >= 4 is 13.6 Å². The van der Waals surface area contributed by atoms with Crippen molar-refractivity contribution in [2.75, 3.05) is 6.61 Å². The standard InChI is InChI=1S/C15H21N2O8P/c1-9-6-17(15(21)16-12(9)18)7-10-4-2-3-5-11(10)8-25-14(13(19)20)26(22,23)24/h2-3,6,10-11,14H,4-5,7-8H2,1H3,(H,19,20)(H,16,18,21)(H2,22,23,24)/t10-,11+,14?/m1/s1. The van der Waals surface area contributed by atoms with Crippen molar-refractivity contribution in [1.29, 1.82) is 0 Å². The monoisotopic (exact) mass is 388 g/mol. The molecule has 0 spiro atoms. The quantitative estimate of drug-likeness (QED) is 0.376. The highest BCUT2D eigenvalue weighted by Gasteiger charge is 2.38. The van der Waals surface area contributed by atoms with Crippen LogP contribution in [0.1, 0.15) is 18.4 Å². The maximum atomic E-state index is 11.9. The van der Waals surface area contributed by atoms with Gasteiger partial charge in [0.1, 0.15) is 0 Å². The van der Waals surface area contributed by atoms with Gasteiger partial charge in [0.2, 0.25) is 0 Å². The molecule has 0 aromatic carbocycles. The van der Waals surface area contributed by atoms with Gasteiger partial charge in [-0.2, -0.15) is 0 Å². The summed E-state index contributed by atoms with van der Waals surface area (Å²) in [4.78, 5) is 54.8. The van der Waals surface area contributed by atoms with Crippen LogP contribution < -0.4 is 11.2 Å².